The van der Waals surface area contributed by atoms with Crippen molar-refractivity contribution in [2.75, 3.05) is 13.7 Å². The minimum absolute atomic E-state index is 0.229. The molecule has 0 saturated carbocycles. The molecule has 0 aliphatic heterocycles. The highest BCUT2D eigenvalue weighted by atomic mass is 16.5. The smallest absolute Gasteiger partial charge is 0.136 e. The Balaban J connectivity index is 2.46. The molecular formula is C14H20N2O2. The molecule has 0 saturated heterocycles. The molecule has 0 aromatic heterocycles. The minimum atomic E-state index is -0.229. The van der Waals surface area contributed by atoms with Gasteiger partial charge in [-0.15, -0.1) is 0 Å². The fraction of sp³-hybridized carbons (Fsp3) is 0.500. The van der Waals surface area contributed by atoms with E-state index < -0.39 is 0 Å². The van der Waals surface area contributed by atoms with Gasteiger partial charge in [0.05, 0.1) is 18.8 Å². The van der Waals surface area contributed by atoms with Crippen molar-refractivity contribution in [1.29, 1.82) is 5.26 Å². The van der Waals surface area contributed by atoms with Gasteiger partial charge in [0.1, 0.15) is 11.8 Å². The summed E-state index contributed by atoms with van der Waals surface area (Å²) in [5, 5.41) is 21.5. The van der Waals surface area contributed by atoms with E-state index in [0.717, 1.165) is 24.9 Å². The van der Waals surface area contributed by atoms with E-state index in [1.165, 1.54) is 0 Å². The number of nitriles is 1. The first kappa shape index (κ1) is 14.5. The van der Waals surface area contributed by atoms with Crippen molar-refractivity contribution in [3.8, 4) is 11.8 Å². The van der Waals surface area contributed by atoms with Gasteiger partial charge in [-0.2, -0.15) is 5.26 Å². The lowest BCUT2D eigenvalue weighted by atomic mass is 10.1. The lowest BCUT2D eigenvalue weighted by Gasteiger charge is -2.10. The van der Waals surface area contributed by atoms with Crippen LogP contribution in [0.4, 0.5) is 0 Å². The highest BCUT2D eigenvalue weighted by molar-refractivity contribution is 5.45. The Morgan fingerprint density at radius 3 is 2.89 bits per heavy atom. The third-order valence-corrected chi connectivity index (χ3v) is 2.84. The van der Waals surface area contributed by atoms with Crippen LogP contribution in [0.1, 0.15) is 30.9 Å². The largest absolute Gasteiger partial charge is 0.495 e. The zero-order valence-corrected chi connectivity index (χ0v) is 10.9. The van der Waals surface area contributed by atoms with Gasteiger partial charge in [0.2, 0.25) is 0 Å². The standard InChI is InChI=1S/C14H20N2O2/c1-3-13(17)6-7-16-10-11-4-5-12(9-15)14(8-11)18-2/h4-5,8,13,16-17H,3,6-7,10H2,1-2H3. The summed E-state index contributed by atoms with van der Waals surface area (Å²) in [6.07, 6.45) is 1.31. The van der Waals surface area contributed by atoms with Crippen LogP contribution in [0, 0.1) is 11.3 Å². The van der Waals surface area contributed by atoms with Gasteiger partial charge < -0.3 is 15.2 Å². The topological polar surface area (TPSA) is 65.3 Å². The summed E-state index contributed by atoms with van der Waals surface area (Å²) in [5.74, 6) is 0.602. The van der Waals surface area contributed by atoms with E-state index in [4.69, 9.17) is 10.00 Å². The van der Waals surface area contributed by atoms with Crippen molar-refractivity contribution in [1.82, 2.24) is 5.32 Å². The molecule has 0 aliphatic rings. The number of nitrogens with one attached hydrogen (secondary N) is 1. The lowest BCUT2D eigenvalue weighted by Crippen LogP contribution is -2.19. The molecule has 0 heterocycles. The zero-order chi connectivity index (χ0) is 13.4. The van der Waals surface area contributed by atoms with Crippen LogP contribution in [0.2, 0.25) is 0 Å². The number of benzene rings is 1. The molecule has 0 spiro atoms. The van der Waals surface area contributed by atoms with Crippen LogP contribution in [0.3, 0.4) is 0 Å². The molecule has 1 unspecified atom stereocenters. The van der Waals surface area contributed by atoms with E-state index in [1.807, 2.05) is 19.1 Å². The normalized spacial score (nSPS) is 11.9. The van der Waals surface area contributed by atoms with Crippen LogP contribution >= 0.6 is 0 Å². The van der Waals surface area contributed by atoms with Gasteiger partial charge in [-0.05, 0) is 37.1 Å². The van der Waals surface area contributed by atoms with Gasteiger partial charge in [-0.25, -0.2) is 0 Å². The molecule has 2 N–H and O–H groups in total. The highest BCUT2D eigenvalue weighted by Gasteiger charge is 2.04. The van der Waals surface area contributed by atoms with Crippen molar-refractivity contribution in [3.63, 3.8) is 0 Å². The first-order valence-corrected chi connectivity index (χ1v) is 6.17. The molecule has 4 nitrogen and oxygen atoms in total. The molecule has 1 atom stereocenters. The first-order chi connectivity index (χ1) is 8.71. The molecular weight excluding hydrogens is 228 g/mol. The third-order valence-electron chi connectivity index (χ3n) is 2.84. The maximum atomic E-state index is 9.41. The molecule has 0 fully saturated rings. The van der Waals surface area contributed by atoms with Crippen LogP contribution in [0.25, 0.3) is 0 Å². The van der Waals surface area contributed by atoms with Crippen LogP contribution in [-0.4, -0.2) is 24.9 Å². The number of hydrogen-bond acceptors (Lipinski definition) is 4. The molecule has 1 aromatic carbocycles. The van der Waals surface area contributed by atoms with Crippen molar-refractivity contribution >= 4 is 0 Å². The summed E-state index contributed by atoms with van der Waals surface area (Å²) in [6.45, 7) is 3.45. The van der Waals surface area contributed by atoms with Crippen LogP contribution in [0.5, 0.6) is 5.75 Å². The van der Waals surface area contributed by atoms with Crippen LogP contribution in [-0.2, 0) is 6.54 Å². The average Bonchev–Trinajstić information content (AvgIpc) is 2.42. The monoisotopic (exact) mass is 248 g/mol. The van der Waals surface area contributed by atoms with E-state index in [9.17, 15) is 5.11 Å². The molecule has 1 rings (SSSR count). The third kappa shape index (κ3) is 4.36. The highest BCUT2D eigenvalue weighted by Crippen LogP contribution is 2.19. The maximum absolute atomic E-state index is 9.41. The van der Waals surface area contributed by atoms with Crippen molar-refractivity contribution < 1.29 is 9.84 Å². The molecule has 1 aromatic rings. The number of nitrogens with zero attached hydrogens (tertiary/aromatic N) is 1. The molecule has 98 valence electrons. The van der Waals surface area contributed by atoms with Gasteiger partial charge in [-0.1, -0.05) is 13.0 Å². The molecule has 0 aliphatic carbocycles. The van der Waals surface area contributed by atoms with E-state index in [1.54, 1.807) is 13.2 Å². The quantitative estimate of drug-likeness (QED) is 0.722. The van der Waals surface area contributed by atoms with E-state index in [0.29, 0.717) is 17.9 Å². The average molecular weight is 248 g/mol. The summed E-state index contributed by atoms with van der Waals surface area (Å²) in [4.78, 5) is 0. The second kappa shape index (κ2) is 7.70. The van der Waals surface area contributed by atoms with Gasteiger partial charge in [0.25, 0.3) is 0 Å². The van der Waals surface area contributed by atoms with E-state index in [2.05, 4.69) is 11.4 Å². The molecule has 0 bridgehead atoms. The summed E-state index contributed by atoms with van der Waals surface area (Å²) >= 11 is 0. The number of methoxy groups -OCH3 is 1. The summed E-state index contributed by atoms with van der Waals surface area (Å²) < 4.78 is 5.15. The van der Waals surface area contributed by atoms with Crippen molar-refractivity contribution in [2.24, 2.45) is 0 Å². The second-order valence-corrected chi connectivity index (χ2v) is 4.17. The van der Waals surface area contributed by atoms with Crippen LogP contribution in [0.15, 0.2) is 18.2 Å². The molecule has 4 heteroatoms. The molecule has 18 heavy (non-hydrogen) atoms. The predicted molar refractivity (Wildman–Crippen MR) is 70.3 cm³/mol. The SMILES string of the molecule is CCC(O)CCNCc1ccc(C#N)c(OC)c1. The van der Waals surface area contributed by atoms with E-state index in [-0.39, 0.29) is 6.10 Å². The Bertz CT molecular complexity index is 413. The number of ether oxygens (including phenoxy) is 1. The van der Waals surface area contributed by atoms with Gasteiger partial charge >= 0.3 is 0 Å². The minimum Gasteiger partial charge on any atom is -0.495 e. The summed E-state index contributed by atoms with van der Waals surface area (Å²) in [5.41, 5.74) is 1.61. The summed E-state index contributed by atoms with van der Waals surface area (Å²) in [6, 6.07) is 7.62. The Morgan fingerprint density at radius 2 is 2.28 bits per heavy atom. The molecule has 0 amide bonds. The number of aliphatic hydroxyl groups excluding tert-OH is 1. The number of aliphatic hydroxyl groups is 1. The Kier molecular flexibility index (Phi) is 6.20. The Morgan fingerprint density at radius 1 is 1.50 bits per heavy atom. The second-order valence-electron chi connectivity index (χ2n) is 4.17. The van der Waals surface area contributed by atoms with Crippen molar-refractivity contribution in [2.45, 2.75) is 32.4 Å². The maximum Gasteiger partial charge on any atom is 0.136 e. The Hall–Kier alpha value is -1.57. The zero-order valence-electron chi connectivity index (χ0n) is 10.9. The lowest BCUT2D eigenvalue weighted by molar-refractivity contribution is 0.159. The predicted octanol–water partition coefficient (Wildman–Crippen LogP) is 1.82. The first-order valence-electron chi connectivity index (χ1n) is 6.17. The van der Waals surface area contributed by atoms with Crippen molar-refractivity contribution in [3.05, 3.63) is 29.3 Å². The van der Waals surface area contributed by atoms with E-state index >= 15 is 0 Å². The fourth-order valence-electron chi connectivity index (χ4n) is 1.64. The number of hydrogen-bond donors (Lipinski definition) is 2. The Labute approximate surface area is 108 Å². The summed E-state index contributed by atoms with van der Waals surface area (Å²) in [7, 11) is 1.56. The van der Waals surface area contributed by atoms with Gasteiger partial charge in [-0.3, -0.25) is 0 Å². The number of rotatable bonds is 7. The molecule has 0 radical (unpaired) electrons. The van der Waals surface area contributed by atoms with Gasteiger partial charge in [0, 0.05) is 6.54 Å². The fourth-order valence-corrected chi connectivity index (χ4v) is 1.64. The van der Waals surface area contributed by atoms with Crippen LogP contribution < -0.4 is 10.1 Å². The van der Waals surface area contributed by atoms with Gasteiger partial charge in [0.15, 0.2) is 0 Å².